The molecule has 0 spiro atoms. The maximum atomic E-state index is 12.1. The SMILES string of the molecule is COc1ccc(C(=O)NCc2cccc(C)c2)c(N)c1. The molecule has 0 aliphatic rings. The summed E-state index contributed by atoms with van der Waals surface area (Å²) < 4.78 is 5.06. The van der Waals surface area contributed by atoms with E-state index in [0.717, 1.165) is 5.56 Å². The fraction of sp³-hybridized carbons (Fsp3) is 0.188. The highest BCUT2D eigenvalue weighted by atomic mass is 16.5. The molecule has 0 bridgehead atoms. The molecule has 20 heavy (non-hydrogen) atoms. The molecular weight excluding hydrogens is 252 g/mol. The lowest BCUT2D eigenvalue weighted by Gasteiger charge is -2.09. The smallest absolute Gasteiger partial charge is 0.253 e. The van der Waals surface area contributed by atoms with E-state index >= 15 is 0 Å². The van der Waals surface area contributed by atoms with E-state index in [1.165, 1.54) is 5.56 Å². The third-order valence-electron chi connectivity index (χ3n) is 3.04. The Bertz CT molecular complexity index is 624. The van der Waals surface area contributed by atoms with Crippen LogP contribution in [0, 0.1) is 6.92 Å². The first-order valence-electron chi connectivity index (χ1n) is 6.37. The van der Waals surface area contributed by atoms with Gasteiger partial charge in [-0.2, -0.15) is 0 Å². The molecule has 1 amide bonds. The number of hydrogen-bond acceptors (Lipinski definition) is 3. The van der Waals surface area contributed by atoms with E-state index < -0.39 is 0 Å². The Morgan fingerprint density at radius 3 is 2.70 bits per heavy atom. The van der Waals surface area contributed by atoms with Crippen molar-refractivity contribution in [2.24, 2.45) is 0 Å². The Balaban J connectivity index is 2.05. The number of amides is 1. The van der Waals surface area contributed by atoms with Gasteiger partial charge >= 0.3 is 0 Å². The van der Waals surface area contributed by atoms with Gasteiger partial charge in [-0.1, -0.05) is 29.8 Å². The predicted octanol–water partition coefficient (Wildman–Crippen LogP) is 2.52. The Kier molecular flexibility index (Phi) is 4.25. The summed E-state index contributed by atoms with van der Waals surface area (Å²) in [4.78, 5) is 12.1. The largest absolute Gasteiger partial charge is 0.497 e. The van der Waals surface area contributed by atoms with Gasteiger partial charge in [-0.3, -0.25) is 4.79 Å². The minimum atomic E-state index is -0.188. The molecule has 0 unspecified atom stereocenters. The Labute approximate surface area is 118 Å². The fourth-order valence-electron chi connectivity index (χ4n) is 1.97. The van der Waals surface area contributed by atoms with E-state index in [9.17, 15) is 4.79 Å². The molecule has 2 aromatic rings. The van der Waals surface area contributed by atoms with Crippen LogP contribution in [0.25, 0.3) is 0 Å². The van der Waals surface area contributed by atoms with Crippen molar-refractivity contribution in [3.8, 4) is 5.75 Å². The number of methoxy groups -OCH3 is 1. The van der Waals surface area contributed by atoms with Gasteiger partial charge in [0, 0.05) is 18.3 Å². The molecule has 0 aromatic heterocycles. The van der Waals surface area contributed by atoms with Crippen LogP contribution in [0.3, 0.4) is 0 Å². The first kappa shape index (κ1) is 13.9. The second kappa shape index (κ2) is 6.10. The van der Waals surface area contributed by atoms with Crippen molar-refractivity contribution in [1.29, 1.82) is 0 Å². The minimum absolute atomic E-state index is 0.188. The monoisotopic (exact) mass is 270 g/mol. The van der Waals surface area contributed by atoms with Crippen LogP contribution in [0.4, 0.5) is 5.69 Å². The number of rotatable bonds is 4. The summed E-state index contributed by atoms with van der Waals surface area (Å²) in [5.74, 6) is 0.449. The van der Waals surface area contributed by atoms with Crippen molar-refractivity contribution in [2.45, 2.75) is 13.5 Å². The highest BCUT2D eigenvalue weighted by Gasteiger charge is 2.10. The first-order valence-corrected chi connectivity index (χ1v) is 6.37. The maximum Gasteiger partial charge on any atom is 0.253 e. The number of carbonyl (C=O) groups excluding carboxylic acids is 1. The van der Waals surface area contributed by atoms with E-state index in [-0.39, 0.29) is 5.91 Å². The average molecular weight is 270 g/mol. The highest BCUT2D eigenvalue weighted by molar-refractivity contribution is 5.99. The van der Waals surface area contributed by atoms with Crippen molar-refractivity contribution in [2.75, 3.05) is 12.8 Å². The van der Waals surface area contributed by atoms with Gasteiger partial charge in [-0.25, -0.2) is 0 Å². The topological polar surface area (TPSA) is 64.3 Å². The zero-order valence-electron chi connectivity index (χ0n) is 11.6. The zero-order chi connectivity index (χ0) is 14.5. The van der Waals surface area contributed by atoms with E-state index in [0.29, 0.717) is 23.5 Å². The van der Waals surface area contributed by atoms with Crippen molar-refractivity contribution in [3.63, 3.8) is 0 Å². The lowest BCUT2D eigenvalue weighted by molar-refractivity contribution is 0.0952. The van der Waals surface area contributed by atoms with Gasteiger partial charge < -0.3 is 15.8 Å². The number of nitrogens with two attached hydrogens (primary N) is 1. The van der Waals surface area contributed by atoms with Gasteiger partial charge in [0.1, 0.15) is 5.75 Å². The van der Waals surface area contributed by atoms with Crippen LogP contribution in [0.15, 0.2) is 42.5 Å². The zero-order valence-corrected chi connectivity index (χ0v) is 11.6. The van der Waals surface area contributed by atoms with E-state index in [1.54, 1.807) is 25.3 Å². The van der Waals surface area contributed by atoms with Crippen LogP contribution in [0.2, 0.25) is 0 Å². The molecule has 3 N–H and O–H groups in total. The molecule has 0 radical (unpaired) electrons. The summed E-state index contributed by atoms with van der Waals surface area (Å²) in [6, 6.07) is 13.0. The molecule has 4 heteroatoms. The molecule has 0 aliphatic carbocycles. The summed E-state index contributed by atoms with van der Waals surface area (Å²) >= 11 is 0. The number of hydrogen-bond donors (Lipinski definition) is 2. The van der Waals surface area contributed by atoms with E-state index in [2.05, 4.69) is 5.32 Å². The van der Waals surface area contributed by atoms with Crippen molar-refractivity contribution in [3.05, 3.63) is 59.2 Å². The molecule has 104 valence electrons. The summed E-state index contributed by atoms with van der Waals surface area (Å²) in [5.41, 5.74) is 8.94. The normalized spacial score (nSPS) is 10.1. The molecule has 0 heterocycles. The van der Waals surface area contributed by atoms with Crippen LogP contribution in [0.1, 0.15) is 21.5 Å². The number of benzene rings is 2. The Morgan fingerprint density at radius 1 is 1.25 bits per heavy atom. The van der Waals surface area contributed by atoms with Crippen molar-refractivity contribution >= 4 is 11.6 Å². The second-order valence-corrected chi connectivity index (χ2v) is 4.62. The Hall–Kier alpha value is -2.49. The number of aryl methyl sites for hydroxylation is 1. The van der Waals surface area contributed by atoms with Crippen molar-refractivity contribution in [1.82, 2.24) is 5.32 Å². The van der Waals surface area contributed by atoms with E-state index in [1.807, 2.05) is 31.2 Å². The third-order valence-corrected chi connectivity index (χ3v) is 3.04. The molecule has 2 rings (SSSR count). The fourth-order valence-corrected chi connectivity index (χ4v) is 1.97. The van der Waals surface area contributed by atoms with Crippen LogP contribution >= 0.6 is 0 Å². The second-order valence-electron chi connectivity index (χ2n) is 4.62. The summed E-state index contributed by atoms with van der Waals surface area (Å²) in [6.45, 7) is 2.50. The standard InChI is InChI=1S/C16H18N2O2/c1-11-4-3-5-12(8-11)10-18-16(19)14-7-6-13(20-2)9-15(14)17/h3-9H,10,17H2,1-2H3,(H,18,19). The van der Waals surface area contributed by atoms with Gasteiger partial charge in [0.25, 0.3) is 5.91 Å². The van der Waals surface area contributed by atoms with Crippen LogP contribution < -0.4 is 15.8 Å². The van der Waals surface area contributed by atoms with Gasteiger partial charge in [0.05, 0.1) is 12.7 Å². The van der Waals surface area contributed by atoms with Crippen molar-refractivity contribution < 1.29 is 9.53 Å². The van der Waals surface area contributed by atoms with E-state index in [4.69, 9.17) is 10.5 Å². The average Bonchev–Trinajstić information content (AvgIpc) is 2.44. The summed E-state index contributed by atoms with van der Waals surface area (Å²) in [6.07, 6.45) is 0. The molecule has 2 aromatic carbocycles. The highest BCUT2D eigenvalue weighted by Crippen LogP contribution is 2.19. The number of nitrogen functional groups attached to an aromatic ring is 1. The van der Waals surface area contributed by atoms with Gasteiger partial charge in [0.2, 0.25) is 0 Å². The summed E-state index contributed by atoms with van der Waals surface area (Å²) in [5, 5.41) is 2.86. The molecule has 0 fully saturated rings. The molecule has 0 saturated carbocycles. The quantitative estimate of drug-likeness (QED) is 0.839. The van der Waals surface area contributed by atoms with Gasteiger partial charge in [-0.05, 0) is 24.6 Å². The summed E-state index contributed by atoms with van der Waals surface area (Å²) in [7, 11) is 1.56. The lowest BCUT2D eigenvalue weighted by atomic mass is 10.1. The molecule has 0 aliphatic heterocycles. The van der Waals surface area contributed by atoms with Crippen LogP contribution in [-0.4, -0.2) is 13.0 Å². The molecule has 0 saturated heterocycles. The molecule has 4 nitrogen and oxygen atoms in total. The molecule has 0 atom stereocenters. The van der Waals surface area contributed by atoms with Crippen LogP contribution in [-0.2, 0) is 6.54 Å². The lowest BCUT2D eigenvalue weighted by Crippen LogP contribution is -2.23. The van der Waals surface area contributed by atoms with Crippen LogP contribution in [0.5, 0.6) is 5.75 Å². The molecular formula is C16H18N2O2. The third kappa shape index (κ3) is 3.29. The number of anilines is 1. The minimum Gasteiger partial charge on any atom is -0.497 e. The number of ether oxygens (including phenoxy) is 1. The maximum absolute atomic E-state index is 12.1. The van der Waals surface area contributed by atoms with Gasteiger partial charge in [0.15, 0.2) is 0 Å². The number of carbonyl (C=O) groups is 1. The number of nitrogens with one attached hydrogen (secondary N) is 1. The first-order chi connectivity index (χ1) is 9.60. The predicted molar refractivity (Wildman–Crippen MR) is 79.8 cm³/mol. The Morgan fingerprint density at radius 2 is 2.05 bits per heavy atom. The van der Waals surface area contributed by atoms with Gasteiger partial charge in [-0.15, -0.1) is 0 Å².